The lowest BCUT2D eigenvalue weighted by Gasteiger charge is -2.36. The Morgan fingerprint density at radius 2 is 1.95 bits per heavy atom. The molecular weight excluding hydrogens is 258 g/mol. The molecule has 1 aromatic heterocycles. The number of rotatable bonds is 5. The first-order chi connectivity index (χ1) is 9.53. The van der Waals surface area contributed by atoms with E-state index in [1.165, 1.54) is 6.42 Å². The van der Waals surface area contributed by atoms with Crippen LogP contribution >= 0.6 is 0 Å². The van der Waals surface area contributed by atoms with Crippen molar-refractivity contribution in [1.82, 2.24) is 15.0 Å². The zero-order valence-electron chi connectivity index (χ0n) is 12.1. The van der Waals surface area contributed by atoms with Crippen LogP contribution in [-0.2, 0) is 0 Å². The molecule has 0 aliphatic heterocycles. The van der Waals surface area contributed by atoms with Gasteiger partial charge in [-0.25, -0.2) is 0 Å². The van der Waals surface area contributed by atoms with Crippen molar-refractivity contribution in [2.45, 2.75) is 57.6 Å². The summed E-state index contributed by atoms with van der Waals surface area (Å²) >= 11 is 0. The Morgan fingerprint density at radius 3 is 2.55 bits per heavy atom. The Morgan fingerprint density at radius 1 is 1.25 bits per heavy atom. The van der Waals surface area contributed by atoms with Crippen molar-refractivity contribution in [2.75, 3.05) is 17.7 Å². The van der Waals surface area contributed by atoms with Gasteiger partial charge in [-0.15, -0.1) is 0 Å². The minimum atomic E-state index is -0.360. The number of nitrogens with two attached hydrogens (primary N) is 1. The van der Waals surface area contributed by atoms with E-state index in [1.807, 2.05) is 13.8 Å². The lowest BCUT2D eigenvalue weighted by molar-refractivity contribution is 0.171. The lowest BCUT2D eigenvalue weighted by Crippen LogP contribution is -2.44. The number of ether oxygens (including phenoxy) is 1. The molecule has 0 unspecified atom stereocenters. The van der Waals surface area contributed by atoms with Crippen LogP contribution in [0, 0.1) is 0 Å². The van der Waals surface area contributed by atoms with Crippen molar-refractivity contribution in [1.29, 1.82) is 0 Å². The number of nitrogen functional groups attached to an aromatic ring is 1. The molecule has 2 rings (SSSR count). The molecule has 0 bridgehead atoms. The largest absolute Gasteiger partial charge is 0.461 e. The summed E-state index contributed by atoms with van der Waals surface area (Å²) in [5.41, 5.74) is 5.32. The molecule has 0 aromatic carbocycles. The molecule has 1 heterocycles. The molecule has 4 N–H and O–H groups in total. The maximum Gasteiger partial charge on any atom is 0.323 e. The molecule has 1 fully saturated rings. The van der Waals surface area contributed by atoms with Crippen molar-refractivity contribution < 1.29 is 9.84 Å². The van der Waals surface area contributed by atoms with E-state index in [1.54, 1.807) is 0 Å². The fourth-order valence-electron chi connectivity index (χ4n) is 2.48. The number of aliphatic hydroxyl groups excluding tert-OH is 1. The van der Waals surface area contributed by atoms with Gasteiger partial charge >= 0.3 is 6.01 Å². The van der Waals surface area contributed by atoms with E-state index in [-0.39, 0.29) is 30.2 Å². The molecule has 7 nitrogen and oxygen atoms in total. The van der Waals surface area contributed by atoms with Crippen LogP contribution in [0.4, 0.5) is 11.9 Å². The molecule has 0 amide bonds. The fourth-order valence-corrected chi connectivity index (χ4v) is 2.48. The van der Waals surface area contributed by atoms with Gasteiger partial charge in [0.05, 0.1) is 18.2 Å². The van der Waals surface area contributed by atoms with E-state index in [0.29, 0.717) is 5.95 Å². The molecule has 0 spiro atoms. The number of anilines is 2. The number of hydrogen-bond donors (Lipinski definition) is 3. The average molecular weight is 281 g/mol. The smallest absolute Gasteiger partial charge is 0.323 e. The Bertz CT molecular complexity index is 446. The quantitative estimate of drug-likeness (QED) is 0.747. The summed E-state index contributed by atoms with van der Waals surface area (Å²) in [4.78, 5) is 12.2. The van der Waals surface area contributed by atoms with Crippen molar-refractivity contribution in [3.8, 4) is 6.01 Å². The zero-order valence-corrected chi connectivity index (χ0v) is 12.1. The van der Waals surface area contributed by atoms with E-state index >= 15 is 0 Å². The van der Waals surface area contributed by atoms with Gasteiger partial charge in [0.25, 0.3) is 0 Å². The van der Waals surface area contributed by atoms with Crippen LogP contribution in [0.15, 0.2) is 0 Å². The highest BCUT2D eigenvalue weighted by Crippen LogP contribution is 2.30. The summed E-state index contributed by atoms with van der Waals surface area (Å²) in [6, 6.07) is 0.207. The van der Waals surface area contributed by atoms with E-state index in [0.717, 1.165) is 25.7 Å². The highest BCUT2D eigenvalue weighted by molar-refractivity contribution is 5.36. The fraction of sp³-hybridized carbons (Fsp3) is 0.769. The second-order valence-electron chi connectivity index (χ2n) is 5.59. The van der Waals surface area contributed by atoms with Gasteiger partial charge < -0.3 is 20.9 Å². The zero-order chi connectivity index (χ0) is 14.6. The molecule has 0 saturated heterocycles. The van der Waals surface area contributed by atoms with Crippen LogP contribution < -0.4 is 15.8 Å². The van der Waals surface area contributed by atoms with Crippen LogP contribution in [0.2, 0.25) is 0 Å². The second-order valence-corrected chi connectivity index (χ2v) is 5.59. The van der Waals surface area contributed by atoms with E-state index in [2.05, 4.69) is 20.3 Å². The third-order valence-electron chi connectivity index (χ3n) is 3.46. The Kier molecular flexibility index (Phi) is 4.59. The van der Waals surface area contributed by atoms with Gasteiger partial charge in [-0.3, -0.25) is 0 Å². The minimum absolute atomic E-state index is 0.0360. The van der Waals surface area contributed by atoms with Crippen molar-refractivity contribution in [3.05, 3.63) is 0 Å². The molecule has 0 atom stereocenters. The summed E-state index contributed by atoms with van der Waals surface area (Å²) in [5.74, 6) is 0.478. The minimum Gasteiger partial charge on any atom is -0.461 e. The molecule has 1 aliphatic rings. The highest BCUT2D eigenvalue weighted by atomic mass is 16.5. The molecule has 1 saturated carbocycles. The van der Waals surface area contributed by atoms with E-state index < -0.39 is 0 Å². The maximum atomic E-state index is 9.69. The molecule has 1 aliphatic carbocycles. The summed E-state index contributed by atoms with van der Waals surface area (Å²) < 4.78 is 5.45. The Hall–Kier alpha value is -1.63. The van der Waals surface area contributed by atoms with Gasteiger partial charge in [0.1, 0.15) is 0 Å². The van der Waals surface area contributed by atoms with E-state index in [9.17, 15) is 5.11 Å². The Labute approximate surface area is 119 Å². The molecule has 112 valence electrons. The maximum absolute atomic E-state index is 9.69. The van der Waals surface area contributed by atoms with Gasteiger partial charge in [-0.2, -0.15) is 15.0 Å². The van der Waals surface area contributed by atoms with Crippen LogP contribution in [0.3, 0.4) is 0 Å². The number of nitrogens with zero attached hydrogens (tertiary/aromatic N) is 3. The summed E-state index contributed by atoms with van der Waals surface area (Å²) in [7, 11) is 0. The summed E-state index contributed by atoms with van der Waals surface area (Å²) in [5, 5.41) is 12.9. The normalized spacial score (nSPS) is 18.0. The van der Waals surface area contributed by atoms with E-state index in [4.69, 9.17) is 10.5 Å². The molecule has 7 heteroatoms. The number of aliphatic hydroxyl groups is 1. The standard InChI is InChI=1S/C13H23N5O2/c1-9(2)20-12-16-10(14)15-11(17-12)18-13(8-19)6-4-3-5-7-13/h9,19H,3-8H2,1-2H3,(H3,14,15,16,17,18). The monoisotopic (exact) mass is 281 g/mol. The highest BCUT2D eigenvalue weighted by Gasteiger charge is 2.32. The molecule has 0 radical (unpaired) electrons. The molecule has 20 heavy (non-hydrogen) atoms. The first-order valence-corrected chi connectivity index (χ1v) is 7.10. The van der Waals surface area contributed by atoms with Gasteiger partial charge in [0.2, 0.25) is 11.9 Å². The molecular formula is C13H23N5O2. The predicted octanol–water partition coefficient (Wildman–Crippen LogP) is 1.35. The second kappa shape index (κ2) is 6.21. The molecule has 1 aromatic rings. The van der Waals surface area contributed by atoms with Crippen molar-refractivity contribution in [3.63, 3.8) is 0 Å². The Balaban J connectivity index is 2.16. The van der Waals surface area contributed by atoms with Gasteiger partial charge in [-0.05, 0) is 26.7 Å². The van der Waals surface area contributed by atoms with Crippen LogP contribution in [0.25, 0.3) is 0 Å². The first kappa shape index (κ1) is 14.8. The van der Waals surface area contributed by atoms with Gasteiger partial charge in [0.15, 0.2) is 0 Å². The van der Waals surface area contributed by atoms with Crippen molar-refractivity contribution >= 4 is 11.9 Å². The third-order valence-corrected chi connectivity index (χ3v) is 3.46. The third kappa shape index (κ3) is 3.69. The van der Waals surface area contributed by atoms with Gasteiger partial charge in [0, 0.05) is 0 Å². The number of hydrogen-bond acceptors (Lipinski definition) is 7. The number of aromatic nitrogens is 3. The predicted molar refractivity (Wildman–Crippen MR) is 76.5 cm³/mol. The first-order valence-electron chi connectivity index (χ1n) is 7.10. The van der Waals surface area contributed by atoms with Crippen LogP contribution in [0.5, 0.6) is 6.01 Å². The topological polar surface area (TPSA) is 106 Å². The summed E-state index contributed by atoms with van der Waals surface area (Å²) in [6.45, 7) is 3.84. The van der Waals surface area contributed by atoms with Crippen LogP contribution in [-0.4, -0.2) is 38.3 Å². The summed E-state index contributed by atoms with van der Waals surface area (Å²) in [6.07, 6.45) is 5.13. The van der Waals surface area contributed by atoms with Crippen molar-refractivity contribution in [2.24, 2.45) is 0 Å². The average Bonchev–Trinajstić information content (AvgIpc) is 2.38. The van der Waals surface area contributed by atoms with Gasteiger partial charge in [-0.1, -0.05) is 19.3 Å². The van der Waals surface area contributed by atoms with Crippen LogP contribution in [0.1, 0.15) is 46.0 Å². The lowest BCUT2D eigenvalue weighted by atomic mass is 9.82. The number of nitrogens with one attached hydrogen (secondary N) is 1. The SMILES string of the molecule is CC(C)Oc1nc(N)nc(NC2(CO)CCCCC2)n1.